The third-order valence-electron chi connectivity index (χ3n) is 2.10. The molecule has 2 atom stereocenters. The van der Waals surface area contributed by atoms with Gasteiger partial charge in [-0.1, -0.05) is 0 Å². The van der Waals surface area contributed by atoms with Crippen LogP contribution in [0.4, 0.5) is 0 Å². The maximum atomic E-state index is 5.94. The molecule has 1 rings (SSSR count). The second-order valence-corrected chi connectivity index (χ2v) is 4.84. The minimum absolute atomic E-state index is 0.0809. The van der Waals surface area contributed by atoms with Crippen LogP contribution in [0.1, 0.15) is 23.7 Å². The van der Waals surface area contributed by atoms with Crippen LogP contribution in [-0.4, -0.2) is 25.5 Å². The third-order valence-corrected chi connectivity index (χ3v) is 3.53. The molecule has 4 heteroatoms. The molecule has 0 bridgehead atoms. The Hall–Kier alpha value is -0.450. The summed E-state index contributed by atoms with van der Waals surface area (Å²) in [5.74, 6) is 2.83. The van der Waals surface area contributed by atoms with Crippen LogP contribution in [0.5, 0.6) is 0 Å². The van der Waals surface area contributed by atoms with Crippen molar-refractivity contribution in [3.8, 4) is 0 Å². The molecule has 86 valence electrons. The first kappa shape index (κ1) is 12.6. The van der Waals surface area contributed by atoms with E-state index in [2.05, 4.69) is 0 Å². The zero-order chi connectivity index (χ0) is 11.3. The van der Waals surface area contributed by atoms with Gasteiger partial charge in [0.2, 0.25) is 0 Å². The van der Waals surface area contributed by atoms with Gasteiger partial charge in [0.05, 0.1) is 11.9 Å². The van der Waals surface area contributed by atoms with Crippen molar-refractivity contribution in [2.45, 2.75) is 25.1 Å². The molecule has 0 aliphatic carbocycles. The number of rotatable bonds is 6. The van der Waals surface area contributed by atoms with Gasteiger partial charge >= 0.3 is 0 Å². The summed E-state index contributed by atoms with van der Waals surface area (Å²) < 4.78 is 10.6. The lowest BCUT2D eigenvalue weighted by molar-refractivity contribution is 0.218. The van der Waals surface area contributed by atoms with E-state index in [1.165, 1.54) is 0 Å². The topological polar surface area (TPSA) is 48.4 Å². The summed E-state index contributed by atoms with van der Waals surface area (Å²) in [6.45, 7) is 4.69. The first-order valence-corrected chi connectivity index (χ1v) is 6.12. The summed E-state index contributed by atoms with van der Waals surface area (Å²) in [6.07, 6.45) is 0. The predicted molar refractivity (Wildman–Crippen MR) is 64.2 cm³/mol. The average Bonchev–Trinajstić information content (AvgIpc) is 2.59. The van der Waals surface area contributed by atoms with E-state index in [1.54, 1.807) is 18.9 Å². The highest BCUT2D eigenvalue weighted by molar-refractivity contribution is 7.99. The Morgan fingerprint density at radius 3 is 2.73 bits per heavy atom. The third kappa shape index (κ3) is 3.89. The van der Waals surface area contributed by atoms with Gasteiger partial charge in [0, 0.05) is 18.9 Å². The molecule has 0 aliphatic heterocycles. The van der Waals surface area contributed by atoms with Gasteiger partial charge in [0.25, 0.3) is 0 Å². The number of nitrogens with two attached hydrogens (primary N) is 1. The highest BCUT2D eigenvalue weighted by Gasteiger charge is 2.19. The monoisotopic (exact) mass is 229 g/mol. The number of ether oxygens (including phenoxy) is 1. The normalized spacial score (nSPS) is 15.2. The Labute approximate surface area is 95.4 Å². The van der Waals surface area contributed by atoms with E-state index in [0.717, 1.165) is 23.9 Å². The zero-order valence-corrected chi connectivity index (χ0v) is 10.3. The van der Waals surface area contributed by atoms with Gasteiger partial charge in [0.15, 0.2) is 0 Å². The Kier molecular flexibility index (Phi) is 5.22. The van der Waals surface area contributed by atoms with Crippen LogP contribution in [0.25, 0.3) is 0 Å². The molecule has 0 radical (unpaired) electrons. The van der Waals surface area contributed by atoms with Crippen molar-refractivity contribution in [3.05, 3.63) is 23.7 Å². The van der Waals surface area contributed by atoms with Crippen LogP contribution in [0.2, 0.25) is 0 Å². The molecule has 1 heterocycles. The summed E-state index contributed by atoms with van der Waals surface area (Å²) in [4.78, 5) is 0. The fourth-order valence-electron chi connectivity index (χ4n) is 1.36. The Morgan fingerprint density at radius 1 is 1.53 bits per heavy atom. The predicted octanol–water partition coefficient (Wildman–Crippen LogP) is 2.36. The van der Waals surface area contributed by atoms with Crippen LogP contribution in [0.15, 0.2) is 16.5 Å². The number of hydrogen-bond acceptors (Lipinski definition) is 4. The van der Waals surface area contributed by atoms with Crippen molar-refractivity contribution >= 4 is 11.8 Å². The summed E-state index contributed by atoms with van der Waals surface area (Å²) in [5.41, 5.74) is 5.94. The van der Waals surface area contributed by atoms with Crippen LogP contribution < -0.4 is 5.73 Å². The molecule has 0 spiro atoms. The lowest BCUT2D eigenvalue weighted by atomic mass is 10.2. The highest BCUT2D eigenvalue weighted by Crippen LogP contribution is 2.32. The van der Waals surface area contributed by atoms with Crippen LogP contribution in [-0.2, 0) is 4.74 Å². The standard InChI is InChI=1S/C11H19NO2S/c1-8-4-5-10(14-8)11(9(2)12)15-7-6-13-3/h4-5,9,11H,6-7,12H2,1-3H3. The van der Waals surface area contributed by atoms with Gasteiger partial charge in [-0.2, -0.15) is 0 Å². The Bertz CT molecular complexity index is 286. The molecule has 0 aliphatic rings. The second kappa shape index (κ2) is 6.20. The largest absolute Gasteiger partial charge is 0.465 e. The van der Waals surface area contributed by atoms with Crippen molar-refractivity contribution in [1.82, 2.24) is 0 Å². The number of hydrogen-bond donors (Lipinski definition) is 1. The van der Waals surface area contributed by atoms with Gasteiger partial charge in [-0.05, 0) is 26.0 Å². The lowest BCUT2D eigenvalue weighted by Crippen LogP contribution is -2.22. The molecule has 0 fully saturated rings. The fraction of sp³-hybridized carbons (Fsp3) is 0.636. The molecule has 0 amide bonds. The summed E-state index contributed by atoms with van der Waals surface area (Å²) in [5, 5.41) is 0.217. The fourth-order valence-corrected chi connectivity index (χ4v) is 2.47. The maximum Gasteiger partial charge on any atom is 0.118 e. The van der Waals surface area contributed by atoms with Gasteiger partial charge < -0.3 is 14.9 Å². The summed E-state index contributed by atoms with van der Waals surface area (Å²) in [6, 6.07) is 4.06. The van der Waals surface area contributed by atoms with Gasteiger partial charge in [0.1, 0.15) is 11.5 Å². The van der Waals surface area contributed by atoms with Crippen molar-refractivity contribution in [3.63, 3.8) is 0 Å². The van der Waals surface area contributed by atoms with E-state index in [1.807, 2.05) is 26.0 Å². The zero-order valence-electron chi connectivity index (χ0n) is 9.53. The van der Waals surface area contributed by atoms with Crippen LogP contribution >= 0.6 is 11.8 Å². The maximum absolute atomic E-state index is 5.94. The van der Waals surface area contributed by atoms with E-state index < -0.39 is 0 Å². The van der Waals surface area contributed by atoms with Crippen molar-refractivity contribution in [1.29, 1.82) is 0 Å². The van der Waals surface area contributed by atoms with Gasteiger partial charge in [-0.15, -0.1) is 11.8 Å². The minimum atomic E-state index is 0.0809. The van der Waals surface area contributed by atoms with Crippen molar-refractivity contribution in [2.24, 2.45) is 5.73 Å². The first-order chi connectivity index (χ1) is 7.15. The smallest absolute Gasteiger partial charge is 0.118 e. The second-order valence-electron chi connectivity index (χ2n) is 3.59. The molecule has 15 heavy (non-hydrogen) atoms. The summed E-state index contributed by atoms with van der Waals surface area (Å²) in [7, 11) is 1.71. The molecule has 2 unspecified atom stereocenters. The SMILES string of the molecule is COCCSC(c1ccc(C)o1)C(C)N. The first-order valence-electron chi connectivity index (χ1n) is 5.07. The van der Waals surface area contributed by atoms with E-state index >= 15 is 0 Å². The van der Waals surface area contributed by atoms with Crippen molar-refractivity contribution < 1.29 is 9.15 Å². The molecule has 0 saturated heterocycles. The minimum Gasteiger partial charge on any atom is -0.465 e. The molecular weight excluding hydrogens is 210 g/mol. The molecule has 3 nitrogen and oxygen atoms in total. The molecule has 1 aromatic rings. The molecular formula is C11H19NO2S. The Morgan fingerprint density at radius 2 is 2.27 bits per heavy atom. The van der Waals surface area contributed by atoms with Gasteiger partial charge in [-0.25, -0.2) is 0 Å². The Balaban J connectivity index is 2.58. The average molecular weight is 229 g/mol. The van der Waals surface area contributed by atoms with Crippen LogP contribution in [0, 0.1) is 6.92 Å². The molecule has 0 aromatic carbocycles. The number of furan rings is 1. The lowest BCUT2D eigenvalue weighted by Gasteiger charge is -2.17. The van der Waals surface area contributed by atoms with Crippen LogP contribution in [0.3, 0.4) is 0 Å². The van der Waals surface area contributed by atoms with E-state index in [9.17, 15) is 0 Å². The van der Waals surface area contributed by atoms with E-state index in [-0.39, 0.29) is 11.3 Å². The van der Waals surface area contributed by atoms with Crippen molar-refractivity contribution in [2.75, 3.05) is 19.5 Å². The molecule has 0 saturated carbocycles. The summed E-state index contributed by atoms with van der Waals surface area (Å²) >= 11 is 1.78. The number of thioether (sulfide) groups is 1. The molecule has 2 N–H and O–H groups in total. The van der Waals surface area contributed by atoms with Gasteiger partial charge in [-0.3, -0.25) is 0 Å². The molecule has 1 aromatic heterocycles. The number of methoxy groups -OCH3 is 1. The van der Waals surface area contributed by atoms with E-state index in [4.69, 9.17) is 14.9 Å². The highest BCUT2D eigenvalue weighted by atomic mass is 32.2. The quantitative estimate of drug-likeness (QED) is 0.761. The van der Waals surface area contributed by atoms with E-state index in [0.29, 0.717) is 0 Å². The number of aryl methyl sites for hydroxylation is 1.